The van der Waals surface area contributed by atoms with Crippen LogP contribution in [0.1, 0.15) is 0 Å². The zero-order valence-corrected chi connectivity index (χ0v) is 28.6. The fraction of sp³-hybridized carbons (Fsp3) is 0. The van der Waals surface area contributed by atoms with E-state index in [0.29, 0.717) is 0 Å². The van der Waals surface area contributed by atoms with E-state index in [0.717, 1.165) is 5.69 Å². The molecule has 9 aromatic rings. The third kappa shape index (κ3) is 5.13. The molecule has 1 aliphatic heterocycles. The van der Waals surface area contributed by atoms with Crippen LogP contribution in [0.15, 0.2) is 204 Å². The van der Waals surface area contributed by atoms with Crippen molar-refractivity contribution in [2.75, 3.05) is 4.90 Å². The Morgan fingerprint density at radius 2 is 0.882 bits per heavy atom. The van der Waals surface area contributed by atoms with Crippen molar-refractivity contribution in [3.8, 4) is 39.1 Å². The molecule has 10 rings (SSSR count). The maximum atomic E-state index is 2.41. The number of hydrogen-bond donors (Lipinski definition) is 0. The molecule has 0 radical (unpaired) electrons. The summed E-state index contributed by atoms with van der Waals surface area (Å²) >= 11 is 1.85. The Morgan fingerprint density at radius 3 is 1.73 bits per heavy atom. The van der Waals surface area contributed by atoms with Gasteiger partial charge in [-0.1, -0.05) is 139 Å². The van der Waals surface area contributed by atoms with E-state index in [2.05, 4.69) is 204 Å². The van der Waals surface area contributed by atoms with Gasteiger partial charge in [0, 0.05) is 31.9 Å². The summed E-state index contributed by atoms with van der Waals surface area (Å²) in [6.45, 7) is 0. The number of benzene rings is 8. The number of fused-ring (bicyclic) bond motifs is 5. The van der Waals surface area contributed by atoms with Gasteiger partial charge < -0.3 is 9.47 Å². The Bertz CT molecular complexity index is 2730. The van der Waals surface area contributed by atoms with Gasteiger partial charge in [-0.3, -0.25) is 0 Å². The van der Waals surface area contributed by atoms with Crippen LogP contribution in [0.5, 0.6) is 0 Å². The molecule has 0 unspecified atom stereocenters. The van der Waals surface area contributed by atoms with Gasteiger partial charge in [0.1, 0.15) is 0 Å². The van der Waals surface area contributed by atoms with Crippen LogP contribution < -0.4 is 4.90 Å². The highest BCUT2D eigenvalue weighted by Gasteiger charge is 2.25. The molecule has 51 heavy (non-hydrogen) atoms. The summed E-state index contributed by atoms with van der Waals surface area (Å²) in [5, 5.41) is 2.53. The topological polar surface area (TPSA) is 8.17 Å². The number of rotatable bonds is 5. The summed E-state index contributed by atoms with van der Waals surface area (Å²) in [4.78, 5) is 4.91. The van der Waals surface area contributed by atoms with Crippen LogP contribution in [0.3, 0.4) is 0 Å². The Kier molecular flexibility index (Phi) is 7.11. The molecule has 8 aromatic carbocycles. The van der Waals surface area contributed by atoms with Gasteiger partial charge in [-0.25, -0.2) is 0 Å². The van der Waals surface area contributed by atoms with E-state index in [9.17, 15) is 0 Å². The first-order valence-corrected chi connectivity index (χ1v) is 18.2. The monoisotopic (exact) mass is 668 g/mol. The number of para-hydroxylation sites is 3. The van der Waals surface area contributed by atoms with Gasteiger partial charge in [0.15, 0.2) is 0 Å². The number of anilines is 3. The smallest absolute Gasteiger partial charge is 0.0602 e. The lowest BCUT2D eigenvalue weighted by atomic mass is 9.98. The maximum Gasteiger partial charge on any atom is 0.0602 e. The summed E-state index contributed by atoms with van der Waals surface area (Å²) in [6, 6.07) is 70.4. The van der Waals surface area contributed by atoms with Gasteiger partial charge in [-0.05, 0) is 100 Å². The Hall–Kier alpha value is -6.29. The highest BCUT2D eigenvalue weighted by Crippen LogP contribution is 2.52. The van der Waals surface area contributed by atoms with Crippen LogP contribution in [0, 0.1) is 0 Å². The minimum atomic E-state index is 1.16. The largest absolute Gasteiger partial charge is 0.309 e. The van der Waals surface area contributed by atoms with Crippen molar-refractivity contribution in [2.45, 2.75) is 9.79 Å². The molecule has 240 valence electrons. The van der Waals surface area contributed by atoms with Crippen LogP contribution in [-0.2, 0) is 0 Å². The zero-order valence-electron chi connectivity index (χ0n) is 27.8. The molecule has 3 heteroatoms. The first-order chi connectivity index (χ1) is 25.3. The van der Waals surface area contributed by atoms with Crippen molar-refractivity contribution < 1.29 is 0 Å². The van der Waals surface area contributed by atoms with Gasteiger partial charge in [0.05, 0.1) is 22.4 Å². The van der Waals surface area contributed by atoms with Crippen molar-refractivity contribution in [1.29, 1.82) is 0 Å². The lowest BCUT2D eigenvalue weighted by Crippen LogP contribution is -2.14. The van der Waals surface area contributed by atoms with Crippen molar-refractivity contribution in [1.82, 2.24) is 4.57 Å². The molecule has 0 atom stereocenters. The Balaban J connectivity index is 1.05. The summed E-state index contributed by atoms with van der Waals surface area (Å²) in [6.07, 6.45) is 0. The van der Waals surface area contributed by atoms with Gasteiger partial charge in [-0.2, -0.15) is 0 Å². The van der Waals surface area contributed by atoms with Gasteiger partial charge in [0.2, 0.25) is 0 Å². The molecule has 0 fully saturated rings. The summed E-state index contributed by atoms with van der Waals surface area (Å²) < 4.78 is 2.39. The molecule has 0 aliphatic carbocycles. The SMILES string of the molecule is c1ccc(-c2cccc(N3c4ccccc4Sc4cc(-c5cccc(-c6ccc7c8ccccc8n(-c8ccccc8)c7c6)c5)ccc43)c2)cc1. The minimum absolute atomic E-state index is 1.16. The van der Waals surface area contributed by atoms with Crippen LogP contribution in [0.4, 0.5) is 17.1 Å². The van der Waals surface area contributed by atoms with E-state index in [1.165, 1.54) is 82.0 Å². The molecule has 0 N–H and O–H groups in total. The van der Waals surface area contributed by atoms with Gasteiger partial charge in [0.25, 0.3) is 0 Å². The predicted molar refractivity (Wildman–Crippen MR) is 216 cm³/mol. The molecule has 0 spiro atoms. The molecule has 1 aromatic heterocycles. The standard InChI is InChI=1S/C48H32N2S/c1-3-13-33(14-4-1)36-17-12-20-40(30-36)50-44-23-9-10-24-47(44)51-48-32-38(26-28-45(48)50)35-16-11-15-34(29-35)37-25-27-42-41-21-7-8-22-43(41)49(46(42)31-37)39-18-5-2-6-19-39/h1-32H. The summed E-state index contributed by atoms with van der Waals surface area (Å²) in [5.74, 6) is 0. The van der Waals surface area contributed by atoms with Crippen LogP contribution in [-0.4, -0.2) is 4.57 Å². The quantitative estimate of drug-likeness (QED) is 0.180. The average Bonchev–Trinajstić information content (AvgIpc) is 3.54. The second-order valence-corrected chi connectivity index (χ2v) is 14.1. The van der Waals surface area contributed by atoms with E-state index in [1.54, 1.807) is 0 Å². The van der Waals surface area contributed by atoms with Gasteiger partial charge >= 0.3 is 0 Å². The molecule has 2 heterocycles. The molecule has 0 amide bonds. The van der Waals surface area contributed by atoms with E-state index in [4.69, 9.17) is 0 Å². The van der Waals surface area contributed by atoms with Crippen LogP contribution in [0.25, 0.3) is 60.9 Å². The third-order valence-electron chi connectivity index (χ3n) is 9.96. The van der Waals surface area contributed by atoms with Crippen molar-refractivity contribution in [3.63, 3.8) is 0 Å². The third-order valence-corrected chi connectivity index (χ3v) is 11.1. The van der Waals surface area contributed by atoms with Gasteiger partial charge in [-0.15, -0.1) is 0 Å². The summed E-state index contributed by atoms with van der Waals surface area (Å²) in [7, 11) is 0. The highest BCUT2D eigenvalue weighted by atomic mass is 32.2. The minimum Gasteiger partial charge on any atom is -0.309 e. The lowest BCUT2D eigenvalue weighted by Gasteiger charge is -2.33. The molecular weight excluding hydrogens is 637 g/mol. The lowest BCUT2D eigenvalue weighted by molar-refractivity contribution is 1.17. The fourth-order valence-electron chi connectivity index (χ4n) is 7.55. The Labute approximate surface area is 301 Å². The average molecular weight is 669 g/mol. The van der Waals surface area contributed by atoms with Crippen molar-refractivity contribution in [2.24, 2.45) is 0 Å². The van der Waals surface area contributed by atoms with E-state index < -0.39 is 0 Å². The fourth-order valence-corrected chi connectivity index (χ4v) is 8.65. The molecule has 1 aliphatic rings. The number of hydrogen-bond acceptors (Lipinski definition) is 2. The Morgan fingerprint density at radius 1 is 0.314 bits per heavy atom. The zero-order chi connectivity index (χ0) is 33.7. The van der Waals surface area contributed by atoms with E-state index >= 15 is 0 Å². The first-order valence-electron chi connectivity index (χ1n) is 17.3. The summed E-state index contributed by atoms with van der Waals surface area (Å²) in [5.41, 5.74) is 14.4. The second-order valence-electron chi connectivity index (χ2n) is 13.0. The maximum absolute atomic E-state index is 2.41. The second kappa shape index (κ2) is 12.2. The van der Waals surface area contributed by atoms with E-state index in [-0.39, 0.29) is 0 Å². The van der Waals surface area contributed by atoms with Crippen LogP contribution in [0.2, 0.25) is 0 Å². The number of aromatic nitrogens is 1. The van der Waals surface area contributed by atoms with E-state index in [1.807, 2.05) is 11.8 Å². The molecular formula is C48H32N2S. The number of nitrogens with zero attached hydrogens (tertiary/aromatic N) is 2. The molecule has 0 bridgehead atoms. The molecule has 0 saturated carbocycles. The van der Waals surface area contributed by atoms with Crippen LogP contribution >= 0.6 is 11.8 Å². The predicted octanol–water partition coefficient (Wildman–Crippen LogP) is 13.7. The normalized spacial score (nSPS) is 12.2. The van der Waals surface area contributed by atoms with Crippen molar-refractivity contribution in [3.05, 3.63) is 194 Å². The van der Waals surface area contributed by atoms with Crippen molar-refractivity contribution >= 4 is 50.6 Å². The highest BCUT2D eigenvalue weighted by molar-refractivity contribution is 7.99. The molecule has 0 saturated heterocycles. The first kappa shape index (κ1) is 29.6. The molecule has 2 nitrogen and oxygen atoms in total.